The number of benzene rings is 2. The van der Waals surface area contributed by atoms with Gasteiger partial charge in [0.1, 0.15) is 5.75 Å². The highest BCUT2D eigenvalue weighted by atomic mass is 16.5. The summed E-state index contributed by atoms with van der Waals surface area (Å²) in [5.74, 6) is 0.685. The molecule has 5 heteroatoms. The van der Waals surface area contributed by atoms with Crippen molar-refractivity contribution < 1.29 is 14.3 Å². The van der Waals surface area contributed by atoms with Gasteiger partial charge >= 0.3 is 0 Å². The van der Waals surface area contributed by atoms with Gasteiger partial charge in [0.25, 0.3) is 11.8 Å². The average Bonchev–Trinajstić information content (AvgIpc) is 3.61. The molecule has 0 aromatic heterocycles. The van der Waals surface area contributed by atoms with Crippen molar-refractivity contribution in [3.05, 3.63) is 65.2 Å². The van der Waals surface area contributed by atoms with Crippen molar-refractivity contribution in [2.75, 3.05) is 7.11 Å². The van der Waals surface area contributed by atoms with Gasteiger partial charge in [0.05, 0.1) is 7.11 Å². The van der Waals surface area contributed by atoms with Crippen molar-refractivity contribution in [3.8, 4) is 5.75 Å². The van der Waals surface area contributed by atoms with E-state index in [0.717, 1.165) is 31.2 Å². The molecule has 2 aliphatic carbocycles. The van der Waals surface area contributed by atoms with Crippen LogP contribution in [-0.2, 0) is 6.54 Å². The van der Waals surface area contributed by atoms with Crippen molar-refractivity contribution in [3.63, 3.8) is 0 Å². The van der Waals surface area contributed by atoms with Crippen LogP contribution in [0.4, 0.5) is 0 Å². The van der Waals surface area contributed by atoms with E-state index in [1.54, 1.807) is 13.2 Å². The first-order valence-electron chi connectivity index (χ1n) is 9.49. The molecule has 0 bridgehead atoms. The highest BCUT2D eigenvalue weighted by Gasteiger charge is 2.33. The lowest BCUT2D eigenvalue weighted by molar-refractivity contribution is 0.0729. The van der Waals surface area contributed by atoms with Gasteiger partial charge in [-0.15, -0.1) is 0 Å². The average molecular weight is 364 g/mol. The number of hydrogen-bond donors (Lipinski definition) is 1. The largest absolute Gasteiger partial charge is 0.497 e. The Morgan fingerprint density at radius 2 is 1.78 bits per heavy atom. The third-order valence-corrected chi connectivity index (χ3v) is 5.05. The van der Waals surface area contributed by atoms with E-state index in [-0.39, 0.29) is 11.8 Å². The van der Waals surface area contributed by atoms with Crippen LogP contribution in [0.15, 0.2) is 48.5 Å². The fourth-order valence-electron chi connectivity index (χ4n) is 3.13. The predicted octanol–water partition coefficient (Wildman–Crippen LogP) is 3.39. The Morgan fingerprint density at radius 3 is 2.41 bits per heavy atom. The van der Waals surface area contributed by atoms with E-state index >= 15 is 0 Å². The molecule has 4 rings (SSSR count). The summed E-state index contributed by atoms with van der Waals surface area (Å²) in [5.41, 5.74) is 2.34. The van der Waals surface area contributed by atoms with Gasteiger partial charge in [-0.25, -0.2) is 0 Å². The molecule has 0 aliphatic heterocycles. The molecule has 5 nitrogen and oxygen atoms in total. The van der Waals surface area contributed by atoms with Crippen LogP contribution in [0.25, 0.3) is 0 Å². The third-order valence-electron chi connectivity index (χ3n) is 5.05. The lowest BCUT2D eigenvalue weighted by Crippen LogP contribution is -2.32. The monoisotopic (exact) mass is 364 g/mol. The quantitative estimate of drug-likeness (QED) is 0.819. The topological polar surface area (TPSA) is 58.6 Å². The number of rotatable bonds is 7. The van der Waals surface area contributed by atoms with Crippen molar-refractivity contribution in [1.29, 1.82) is 0 Å². The Kier molecular flexibility index (Phi) is 4.84. The van der Waals surface area contributed by atoms with Gasteiger partial charge in [0.2, 0.25) is 0 Å². The maximum atomic E-state index is 13.0. The maximum Gasteiger partial charge on any atom is 0.254 e. The zero-order valence-corrected chi connectivity index (χ0v) is 15.5. The summed E-state index contributed by atoms with van der Waals surface area (Å²) >= 11 is 0. The van der Waals surface area contributed by atoms with Crippen LogP contribution >= 0.6 is 0 Å². The molecule has 0 atom stereocenters. The summed E-state index contributed by atoms with van der Waals surface area (Å²) in [5, 5.41) is 2.99. The third kappa shape index (κ3) is 4.30. The highest BCUT2D eigenvalue weighted by molar-refractivity contribution is 5.95. The van der Waals surface area contributed by atoms with Crippen molar-refractivity contribution in [1.82, 2.24) is 10.2 Å². The van der Waals surface area contributed by atoms with E-state index in [1.807, 2.05) is 47.4 Å². The van der Waals surface area contributed by atoms with Crippen LogP contribution < -0.4 is 10.1 Å². The fourth-order valence-corrected chi connectivity index (χ4v) is 3.13. The second kappa shape index (κ2) is 7.43. The zero-order chi connectivity index (χ0) is 18.8. The summed E-state index contributed by atoms with van der Waals surface area (Å²) in [6.07, 6.45) is 4.23. The van der Waals surface area contributed by atoms with Crippen molar-refractivity contribution in [2.24, 2.45) is 0 Å². The first-order valence-corrected chi connectivity index (χ1v) is 9.49. The number of nitrogens with zero attached hydrogens (tertiary/aromatic N) is 1. The zero-order valence-electron chi connectivity index (χ0n) is 15.5. The van der Waals surface area contributed by atoms with Gasteiger partial charge in [0, 0.05) is 29.8 Å². The van der Waals surface area contributed by atoms with E-state index in [9.17, 15) is 9.59 Å². The van der Waals surface area contributed by atoms with E-state index in [2.05, 4.69) is 5.32 Å². The number of carbonyl (C=O) groups is 2. The molecule has 2 aromatic rings. The molecule has 0 spiro atoms. The smallest absolute Gasteiger partial charge is 0.254 e. The predicted molar refractivity (Wildman–Crippen MR) is 103 cm³/mol. The van der Waals surface area contributed by atoms with Crippen LogP contribution in [0.2, 0.25) is 0 Å². The Morgan fingerprint density at radius 1 is 1.04 bits per heavy atom. The number of methoxy groups -OCH3 is 1. The lowest BCUT2D eigenvalue weighted by Gasteiger charge is -2.23. The molecule has 2 amide bonds. The lowest BCUT2D eigenvalue weighted by atomic mass is 10.1. The van der Waals surface area contributed by atoms with Crippen LogP contribution in [0.3, 0.4) is 0 Å². The van der Waals surface area contributed by atoms with Gasteiger partial charge in [-0.1, -0.05) is 18.2 Å². The second-order valence-electron chi connectivity index (χ2n) is 7.34. The Balaban J connectivity index is 1.46. The van der Waals surface area contributed by atoms with E-state index < -0.39 is 0 Å². The summed E-state index contributed by atoms with van der Waals surface area (Å²) in [6.45, 7) is 0.547. The minimum Gasteiger partial charge on any atom is -0.497 e. The van der Waals surface area contributed by atoms with Crippen LogP contribution in [0, 0.1) is 0 Å². The van der Waals surface area contributed by atoms with Gasteiger partial charge in [0.15, 0.2) is 0 Å². The number of amides is 2. The van der Waals surface area contributed by atoms with Gasteiger partial charge in [-0.05, 0) is 61.6 Å². The van der Waals surface area contributed by atoms with E-state index in [4.69, 9.17) is 4.74 Å². The van der Waals surface area contributed by atoms with Crippen LogP contribution in [-0.4, -0.2) is 35.9 Å². The second-order valence-corrected chi connectivity index (χ2v) is 7.34. The Bertz CT molecular complexity index is 839. The van der Waals surface area contributed by atoms with E-state index in [1.165, 1.54) is 0 Å². The summed E-state index contributed by atoms with van der Waals surface area (Å²) in [6, 6.07) is 15.5. The summed E-state index contributed by atoms with van der Waals surface area (Å²) in [4.78, 5) is 27.0. The Hall–Kier alpha value is -2.82. The Labute approximate surface area is 159 Å². The highest BCUT2D eigenvalue weighted by Crippen LogP contribution is 2.30. The normalized spacial score (nSPS) is 15.9. The molecule has 2 fully saturated rings. The summed E-state index contributed by atoms with van der Waals surface area (Å²) in [7, 11) is 1.60. The number of ether oxygens (including phenoxy) is 1. The number of nitrogens with one attached hydrogen (secondary N) is 1. The standard InChI is InChI=1S/C22H24N2O3/c1-27-20-4-2-3-17(13-20)22(26)24(19-11-12-19)14-15-5-7-16(8-6-15)21(25)23-18-9-10-18/h2-8,13,18-19H,9-12,14H2,1H3,(H,23,25). The molecule has 1 N–H and O–H groups in total. The molecule has 0 heterocycles. The van der Waals surface area contributed by atoms with Crippen molar-refractivity contribution in [2.45, 2.75) is 44.3 Å². The molecule has 0 radical (unpaired) electrons. The first kappa shape index (κ1) is 17.6. The van der Waals surface area contributed by atoms with E-state index in [0.29, 0.717) is 35.5 Å². The molecule has 0 saturated heterocycles. The molecule has 2 aliphatic rings. The van der Waals surface area contributed by atoms with Gasteiger partial charge in [-0.3, -0.25) is 9.59 Å². The molecule has 0 unspecified atom stereocenters. The molecule has 2 saturated carbocycles. The summed E-state index contributed by atoms with van der Waals surface area (Å²) < 4.78 is 5.24. The number of hydrogen-bond acceptors (Lipinski definition) is 3. The fraction of sp³-hybridized carbons (Fsp3) is 0.364. The first-order chi connectivity index (χ1) is 13.1. The maximum absolute atomic E-state index is 13.0. The minimum absolute atomic E-state index is 0.0180. The molecule has 2 aromatic carbocycles. The van der Waals surface area contributed by atoms with Crippen LogP contribution in [0.5, 0.6) is 5.75 Å². The SMILES string of the molecule is COc1cccc(C(=O)N(Cc2ccc(C(=O)NC3CC3)cc2)C2CC2)c1. The van der Waals surface area contributed by atoms with Crippen molar-refractivity contribution >= 4 is 11.8 Å². The van der Waals surface area contributed by atoms with Gasteiger partial charge in [-0.2, -0.15) is 0 Å². The van der Waals surface area contributed by atoms with Gasteiger partial charge < -0.3 is 15.0 Å². The molecular formula is C22H24N2O3. The number of carbonyl (C=O) groups excluding carboxylic acids is 2. The molecule has 27 heavy (non-hydrogen) atoms. The van der Waals surface area contributed by atoms with Crippen LogP contribution in [0.1, 0.15) is 52.0 Å². The molecule has 140 valence electrons. The minimum atomic E-state index is -0.0180. The molecular weight excluding hydrogens is 340 g/mol.